The van der Waals surface area contributed by atoms with E-state index < -0.39 is 11.5 Å². The van der Waals surface area contributed by atoms with Crippen molar-refractivity contribution in [2.45, 2.75) is 6.92 Å². The van der Waals surface area contributed by atoms with Crippen molar-refractivity contribution in [2.75, 3.05) is 0 Å². The number of benzene rings is 2. The number of halogens is 1. The summed E-state index contributed by atoms with van der Waals surface area (Å²) in [5, 5.41) is 10.3. The average molecular weight is 376 g/mol. The molecule has 0 aliphatic heterocycles. The van der Waals surface area contributed by atoms with Crippen LogP contribution in [0, 0.1) is 12.7 Å². The molecule has 5 nitrogen and oxygen atoms in total. The Balaban J connectivity index is 2.12. The fourth-order valence-electron chi connectivity index (χ4n) is 3.49. The minimum absolute atomic E-state index is 0.0711. The number of aromatic carboxylic acids is 1. The van der Waals surface area contributed by atoms with E-state index in [-0.39, 0.29) is 11.5 Å². The summed E-state index contributed by atoms with van der Waals surface area (Å²) in [5.74, 6) is -1.55. The average Bonchev–Trinajstić information content (AvgIpc) is 3.10. The largest absolute Gasteiger partial charge is 0.477 e. The summed E-state index contributed by atoms with van der Waals surface area (Å²) in [6.45, 7) is 1.95. The van der Waals surface area contributed by atoms with Crippen LogP contribution >= 0.6 is 0 Å². The van der Waals surface area contributed by atoms with Crippen molar-refractivity contribution in [1.82, 2.24) is 9.13 Å². The minimum atomic E-state index is -1.17. The van der Waals surface area contributed by atoms with Gasteiger partial charge in [0.05, 0.1) is 0 Å². The number of aromatic nitrogens is 2. The number of aryl methyl sites for hydroxylation is 1. The molecule has 0 aliphatic rings. The maximum atomic E-state index is 13.3. The van der Waals surface area contributed by atoms with Gasteiger partial charge in [-0.25, -0.2) is 9.18 Å². The van der Waals surface area contributed by atoms with Crippen LogP contribution in [-0.2, 0) is 7.05 Å². The van der Waals surface area contributed by atoms with Crippen LogP contribution in [0.4, 0.5) is 4.39 Å². The van der Waals surface area contributed by atoms with Crippen molar-refractivity contribution in [2.24, 2.45) is 7.05 Å². The predicted molar refractivity (Wildman–Crippen MR) is 106 cm³/mol. The topological polar surface area (TPSA) is 64.2 Å². The molecular formula is C22H17FN2O3. The third-order valence-electron chi connectivity index (χ3n) is 4.88. The summed E-state index contributed by atoms with van der Waals surface area (Å²) in [6, 6.07) is 15.0. The molecule has 4 rings (SSSR count). The zero-order valence-electron chi connectivity index (χ0n) is 15.3. The minimum Gasteiger partial charge on any atom is -0.477 e. The Labute approximate surface area is 159 Å². The van der Waals surface area contributed by atoms with Gasteiger partial charge in [-0.05, 0) is 42.8 Å². The number of hydrogen-bond acceptors (Lipinski definition) is 2. The molecule has 0 fully saturated rings. The lowest BCUT2D eigenvalue weighted by Gasteiger charge is -2.14. The second-order valence-electron chi connectivity index (χ2n) is 6.68. The molecule has 0 amide bonds. The first-order valence-electron chi connectivity index (χ1n) is 8.69. The Morgan fingerprint density at radius 3 is 2.25 bits per heavy atom. The normalized spacial score (nSPS) is 11.1. The molecular weight excluding hydrogens is 359 g/mol. The summed E-state index contributed by atoms with van der Waals surface area (Å²) in [6.07, 6.45) is 1.70. The number of hydrogen-bond donors (Lipinski definition) is 1. The summed E-state index contributed by atoms with van der Waals surface area (Å²) in [7, 11) is 1.45. The van der Waals surface area contributed by atoms with E-state index in [1.165, 1.54) is 19.2 Å². The van der Waals surface area contributed by atoms with Gasteiger partial charge in [-0.1, -0.05) is 29.8 Å². The van der Waals surface area contributed by atoms with E-state index >= 15 is 0 Å². The van der Waals surface area contributed by atoms with E-state index in [4.69, 9.17) is 0 Å². The van der Waals surface area contributed by atoms with Gasteiger partial charge in [-0.2, -0.15) is 0 Å². The van der Waals surface area contributed by atoms with Gasteiger partial charge in [0.25, 0.3) is 5.56 Å². The molecule has 1 N–H and O–H groups in total. The number of carbonyl (C=O) groups is 1. The van der Waals surface area contributed by atoms with Crippen LogP contribution in [0.2, 0.25) is 0 Å². The van der Waals surface area contributed by atoms with Gasteiger partial charge in [0.15, 0.2) is 0 Å². The number of carboxylic acid groups (broad SMARTS) is 1. The molecule has 0 unspecified atom stereocenters. The Hall–Kier alpha value is -3.67. The molecule has 4 aromatic rings. The monoisotopic (exact) mass is 376 g/mol. The van der Waals surface area contributed by atoms with Crippen LogP contribution in [0.5, 0.6) is 0 Å². The van der Waals surface area contributed by atoms with Gasteiger partial charge >= 0.3 is 5.97 Å². The van der Waals surface area contributed by atoms with Gasteiger partial charge in [0.2, 0.25) is 0 Å². The Morgan fingerprint density at radius 1 is 1.00 bits per heavy atom. The van der Waals surface area contributed by atoms with Crippen LogP contribution in [0.1, 0.15) is 16.1 Å². The molecule has 0 saturated heterocycles. The highest BCUT2D eigenvalue weighted by Gasteiger charge is 2.23. The molecule has 0 radical (unpaired) electrons. The van der Waals surface area contributed by atoms with Crippen molar-refractivity contribution < 1.29 is 14.3 Å². The van der Waals surface area contributed by atoms with Gasteiger partial charge in [-0.15, -0.1) is 0 Å². The maximum Gasteiger partial charge on any atom is 0.353 e. The van der Waals surface area contributed by atoms with Crippen LogP contribution in [0.15, 0.2) is 65.6 Å². The van der Waals surface area contributed by atoms with Crippen molar-refractivity contribution in [3.05, 3.63) is 88.2 Å². The first kappa shape index (κ1) is 17.7. The van der Waals surface area contributed by atoms with E-state index in [1.54, 1.807) is 29.0 Å². The highest BCUT2D eigenvalue weighted by Crippen LogP contribution is 2.32. The summed E-state index contributed by atoms with van der Waals surface area (Å²) in [4.78, 5) is 25.0. The zero-order valence-corrected chi connectivity index (χ0v) is 15.3. The first-order chi connectivity index (χ1) is 13.4. The van der Waals surface area contributed by atoms with E-state index in [2.05, 4.69) is 0 Å². The number of nitrogens with zero attached hydrogens (tertiary/aromatic N) is 2. The molecule has 28 heavy (non-hydrogen) atoms. The molecule has 0 bridgehead atoms. The van der Waals surface area contributed by atoms with Crippen molar-refractivity contribution in [3.63, 3.8) is 0 Å². The lowest BCUT2D eigenvalue weighted by molar-refractivity contribution is 0.0686. The van der Waals surface area contributed by atoms with E-state index in [0.29, 0.717) is 27.7 Å². The number of rotatable bonds is 3. The molecule has 2 aromatic heterocycles. The molecule has 0 aliphatic carbocycles. The second kappa shape index (κ2) is 6.49. The van der Waals surface area contributed by atoms with Crippen LogP contribution in [0.25, 0.3) is 27.7 Å². The lowest BCUT2D eigenvalue weighted by Crippen LogP contribution is -2.25. The highest BCUT2D eigenvalue weighted by atomic mass is 19.1. The molecule has 140 valence electrons. The van der Waals surface area contributed by atoms with Crippen LogP contribution in [0.3, 0.4) is 0 Å². The Bertz CT molecular complexity index is 1270. The molecule has 0 saturated carbocycles. The highest BCUT2D eigenvalue weighted by molar-refractivity contribution is 6.06. The molecule has 0 spiro atoms. The molecule has 2 aromatic carbocycles. The summed E-state index contributed by atoms with van der Waals surface area (Å²) >= 11 is 0. The summed E-state index contributed by atoms with van der Waals surface area (Å²) in [5.41, 5.74) is 2.69. The van der Waals surface area contributed by atoms with Gasteiger partial charge in [0, 0.05) is 29.9 Å². The van der Waals surface area contributed by atoms with E-state index in [1.807, 2.05) is 31.2 Å². The van der Waals surface area contributed by atoms with Crippen molar-refractivity contribution >= 4 is 16.9 Å². The molecule has 2 heterocycles. The maximum absolute atomic E-state index is 13.3. The van der Waals surface area contributed by atoms with Gasteiger partial charge < -0.3 is 14.2 Å². The van der Waals surface area contributed by atoms with E-state index in [0.717, 1.165) is 10.1 Å². The Kier molecular flexibility index (Phi) is 4.11. The van der Waals surface area contributed by atoms with Crippen molar-refractivity contribution in [3.8, 4) is 16.8 Å². The van der Waals surface area contributed by atoms with Crippen LogP contribution in [-0.4, -0.2) is 20.2 Å². The fraction of sp³-hybridized carbons (Fsp3) is 0.0909. The second-order valence-corrected chi connectivity index (χ2v) is 6.68. The summed E-state index contributed by atoms with van der Waals surface area (Å²) < 4.78 is 16.1. The molecule has 6 heteroatoms. The van der Waals surface area contributed by atoms with Crippen molar-refractivity contribution in [1.29, 1.82) is 0 Å². The first-order valence-corrected chi connectivity index (χ1v) is 8.69. The van der Waals surface area contributed by atoms with Crippen LogP contribution < -0.4 is 5.56 Å². The zero-order chi connectivity index (χ0) is 20.0. The third kappa shape index (κ3) is 2.70. The lowest BCUT2D eigenvalue weighted by atomic mass is 9.98. The fourth-order valence-corrected chi connectivity index (χ4v) is 3.49. The number of carboxylic acids is 1. The van der Waals surface area contributed by atoms with E-state index in [9.17, 15) is 19.1 Å². The van der Waals surface area contributed by atoms with Gasteiger partial charge in [-0.3, -0.25) is 4.79 Å². The Morgan fingerprint density at radius 2 is 1.64 bits per heavy atom. The smallest absolute Gasteiger partial charge is 0.353 e. The number of pyridine rings is 1. The number of fused-ring (bicyclic) bond motifs is 1. The SMILES string of the molecule is Cc1ccc(-c2c(C(=O)O)n(C)c(=O)c3c2ccn3-c2ccc(F)cc2)cc1. The third-order valence-corrected chi connectivity index (χ3v) is 4.88. The standard InChI is InChI=1S/C22H17FN2O3/c1-13-3-5-14(6-4-13)18-17-11-12-25(16-9-7-15(23)8-10-16)19(17)21(26)24(2)20(18)22(27)28/h3-12H,1-2H3,(H,27,28). The molecule has 0 atom stereocenters. The van der Waals surface area contributed by atoms with Gasteiger partial charge in [0.1, 0.15) is 17.0 Å². The predicted octanol–water partition coefficient (Wildman–Crippen LogP) is 4.14. The quantitative estimate of drug-likeness (QED) is 0.584.